The van der Waals surface area contributed by atoms with Crippen molar-refractivity contribution < 1.29 is 23.8 Å². The molecule has 0 bridgehead atoms. The van der Waals surface area contributed by atoms with Crippen molar-refractivity contribution in [3.8, 4) is 17.2 Å². The summed E-state index contributed by atoms with van der Waals surface area (Å²) < 4.78 is 15.7. The number of hydrogen-bond acceptors (Lipinski definition) is 5. The van der Waals surface area contributed by atoms with E-state index < -0.39 is 5.97 Å². The Morgan fingerprint density at radius 1 is 0.769 bits per heavy atom. The van der Waals surface area contributed by atoms with E-state index in [0.717, 1.165) is 37.0 Å². The molecule has 5 nitrogen and oxygen atoms in total. The van der Waals surface area contributed by atoms with Gasteiger partial charge in [-0.3, -0.25) is 4.79 Å². The lowest BCUT2D eigenvalue weighted by Gasteiger charge is -2.18. The quantitative estimate of drug-likeness (QED) is 0.0971. The number of carbonyl (C=O) groups excluding carboxylic acids is 2. The van der Waals surface area contributed by atoms with Crippen molar-refractivity contribution in [2.24, 2.45) is 0 Å². The lowest BCUT2D eigenvalue weighted by atomic mass is 9.88. The van der Waals surface area contributed by atoms with Crippen LogP contribution in [0.25, 0.3) is 6.08 Å². The van der Waals surface area contributed by atoms with Crippen molar-refractivity contribution in [2.75, 3.05) is 7.11 Å². The molecule has 2 unspecified atom stereocenters. The first kappa shape index (κ1) is 29.4. The fourth-order valence-electron chi connectivity index (χ4n) is 4.45. The van der Waals surface area contributed by atoms with E-state index in [1.54, 1.807) is 19.3 Å². The predicted octanol–water partition coefficient (Wildman–Crippen LogP) is 8.26. The minimum atomic E-state index is -0.415. The summed E-state index contributed by atoms with van der Waals surface area (Å²) in [6.45, 7) is 5.85. The summed E-state index contributed by atoms with van der Waals surface area (Å²) >= 11 is 0. The van der Waals surface area contributed by atoms with Gasteiger partial charge in [0.15, 0.2) is 0 Å². The van der Waals surface area contributed by atoms with Crippen molar-refractivity contribution in [3.63, 3.8) is 0 Å². The zero-order valence-corrected chi connectivity index (χ0v) is 23.3. The topological polar surface area (TPSA) is 61.8 Å². The zero-order chi connectivity index (χ0) is 28.0. The first-order valence-electron chi connectivity index (χ1n) is 13.5. The second-order valence-corrected chi connectivity index (χ2v) is 9.58. The van der Waals surface area contributed by atoms with Crippen LogP contribution in [0.2, 0.25) is 0 Å². The lowest BCUT2D eigenvalue weighted by Crippen LogP contribution is -2.04. The SMILES string of the molecule is CCC(CCCC(C)c1ccc(OC(=O)/C=C/C=C/c2ccc(OC)cc2)cc1)c1ccc(OC(C)=O)cc1. The average molecular weight is 527 g/mol. The largest absolute Gasteiger partial charge is 0.497 e. The normalized spacial score (nSPS) is 12.8. The maximum absolute atomic E-state index is 12.2. The molecule has 0 aromatic heterocycles. The van der Waals surface area contributed by atoms with Crippen molar-refractivity contribution in [3.05, 3.63) is 108 Å². The van der Waals surface area contributed by atoms with E-state index in [1.807, 2.05) is 66.7 Å². The molecular formula is C34H38O5. The zero-order valence-electron chi connectivity index (χ0n) is 23.3. The molecule has 0 aliphatic carbocycles. The van der Waals surface area contributed by atoms with Gasteiger partial charge in [-0.2, -0.15) is 0 Å². The molecule has 0 aliphatic heterocycles. The Kier molecular flexibility index (Phi) is 11.6. The molecule has 0 N–H and O–H groups in total. The number of rotatable bonds is 13. The molecule has 3 aromatic rings. The predicted molar refractivity (Wildman–Crippen MR) is 156 cm³/mol. The Balaban J connectivity index is 1.43. The van der Waals surface area contributed by atoms with E-state index in [2.05, 4.69) is 26.0 Å². The van der Waals surface area contributed by atoms with Gasteiger partial charge in [0.05, 0.1) is 7.11 Å². The van der Waals surface area contributed by atoms with Crippen LogP contribution in [0.4, 0.5) is 0 Å². The fourth-order valence-corrected chi connectivity index (χ4v) is 4.45. The maximum atomic E-state index is 12.2. The van der Waals surface area contributed by atoms with Gasteiger partial charge < -0.3 is 14.2 Å². The Bertz CT molecular complexity index is 1240. The summed E-state index contributed by atoms with van der Waals surface area (Å²) in [5.74, 6) is 2.08. The molecule has 0 saturated heterocycles. The third-order valence-corrected chi connectivity index (χ3v) is 6.71. The molecule has 0 spiro atoms. The van der Waals surface area contributed by atoms with Gasteiger partial charge in [-0.15, -0.1) is 0 Å². The van der Waals surface area contributed by atoms with E-state index in [-0.39, 0.29) is 5.97 Å². The van der Waals surface area contributed by atoms with Crippen LogP contribution < -0.4 is 14.2 Å². The molecule has 0 heterocycles. The number of methoxy groups -OCH3 is 1. The summed E-state index contributed by atoms with van der Waals surface area (Å²) in [6, 6.07) is 23.3. The average Bonchev–Trinajstić information content (AvgIpc) is 2.94. The third-order valence-electron chi connectivity index (χ3n) is 6.71. The second kappa shape index (κ2) is 15.3. The van der Waals surface area contributed by atoms with Gasteiger partial charge in [0.25, 0.3) is 0 Å². The molecule has 3 rings (SSSR count). The van der Waals surface area contributed by atoms with Crippen molar-refractivity contribution in [1.82, 2.24) is 0 Å². The van der Waals surface area contributed by atoms with Gasteiger partial charge >= 0.3 is 11.9 Å². The van der Waals surface area contributed by atoms with Gasteiger partial charge in [-0.25, -0.2) is 4.79 Å². The molecule has 0 saturated carbocycles. The molecule has 0 amide bonds. The van der Waals surface area contributed by atoms with Crippen molar-refractivity contribution in [2.45, 2.75) is 58.3 Å². The third kappa shape index (κ3) is 9.93. The summed E-state index contributed by atoms with van der Waals surface area (Å²) in [7, 11) is 1.63. The van der Waals surface area contributed by atoms with Gasteiger partial charge in [0, 0.05) is 13.0 Å². The minimum absolute atomic E-state index is 0.305. The number of esters is 2. The molecule has 3 aromatic carbocycles. The van der Waals surface area contributed by atoms with Crippen LogP contribution in [-0.4, -0.2) is 19.0 Å². The first-order valence-corrected chi connectivity index (χ1v) is 13.5. The highest BCUT2D eigenvalue weighted by Crippen LogP contribution is 2.30. The molecule has 2 atom stereocenters. The number of ether oxygens (including phenoxy) is 3. The van der Waals surface area contributed by atoms with E-state index in [1.165, 1.54) is 24.1 Å². The molecular weight excluding hydrogens is 488 g/mol. The Morgan fingerprint density at radius 3 is 1.95 bits per heavy atom. The second-order valence-electron chi connectivity index (χ2n) is 9.58. The Morgan fingerprint density at radius 2 is 1.36 bits per heavy atom. The van der Waals surface area contributed by atoms with E-state index in [0.29, 0.717) is 23.3 Å². The van der Waals surface area contributed by atoms with E-state index in [9.17, 15) is 9.59 Å². The highest BCUT2D eigenvalue weighted by atomic mass is 16.5. The highest BCUT2D eigenvalue weighted by molar-refractivity contribution is 5.84. The van der Waals surface area contributed by atoms with Crippen LogP contribution in [0.3, 0.4) is 0 Å². The molecule has 0 fully saturated rings. The highest BCUT2D eigenvalue weighted by Gasteiger charge is 2.12. The van der Waals surface area contributed by atoms with E-state index >= 15 is 0 Å². The lowest BCUT2D eigenvalue weighted by molar-refractivity contribution is -0.132. The van der Waals surface area contributed by atoms with Gasteiger partial charge in [0.2, 0.25) is 0 Å². The minimum Gasteiger partial charge on any atom is -0.497 e. The Hall–Kier alpha value is -4.12. The molecule has 39 heavy (non-hydrogen) atoms. The first-order chi connectivity index (χ1) is 18.9. The number of carbonyl (C=O) groups is 2. The van der Waals surface area contributed by atoms with Crippen LogP contribution in [0.5, 0.6) is 17.2 Å². The standard InChI is InChI=1S/C34H38O5/c1-5-28(30-17-23-32(24-18-30)38-26(3)35)11-8-9-25(2)29-15-21-33(22-16-29)39-34(36)12-7-6-10-27-13-19-31(37-4)20-14-27/h6-7,10,12-25,28H,5,8-9,11H2,1-4H3/b10-6+,12-7+. The van der Waals surface area contributed by atoms with Crippen LogP contribution in [0.15, 0.2) is 91.0 Å². The monoisotopic (exact) mass is 526 g/mol. The Labute approximate surface area is 232 Å². The smallest absolute Gasteiger partial charge is 0.336 e. The molecule has 0 aliphatic rings. The van der Waals surface area contributed by atoms with Crippen LogP contribution in [0, 0.1) is 0 Å². The summed E-state index contributed by atoms with van der Waals surface area (Å²) in [6.07, 6.45) is 11.1. The summed E-state index contributed by atoms with van der Waals surface area (Å²) in [5, 5.41) is 0. The number of hydrogen-bond donors (Lipinski definition) is 0. The molecule has 204 valence electrons. The van der Waals surface area contributed by atoms with Crippen molar-refractivity contribution >= 4 is 18.0 Å². The summed E-state index contributed by atoms with van der Waals surface area (Å²) in [4.78, 5) is 23.3. The number of allylic oxidation sites excluding steroid dienone is 2. The van der Waals surface area contributed by atoms with Crippen molar-refractivity contribution in [1.29, 1.82) is 0 Å². The van der Waals surface area contributed by atoms with Gasteiger partial charge in [0.1, 0.15) is 17.2 Å². The fraction of sp³-hybridized carbons (Fsp3) is 0.294. The maximum Gasteiger partial charge on any atom is 0.336 e. The molecule has 5 heteroatoms. The summed E-state index contributed by atoms with van der Waals surface area (Å²) in [5.41, 5.74) is 3.52. The van der Waals surface area contributed by atoms with Gasteiger partial charge in [-0.1, -0.05) is 74.9 Å². The van der Waals surface area contributed by atoms with Crippen LogP contribution in [-0.2, 0) is 9.59 Å². The van der Waals surface area contributed by atoms with Crippen LogP contribution in [0.1, 0.15) is 75.0 Å². The van der Waals surface area contributed by atoms with Gasteiger partial charge in [-0.05, 0) is 84.2 Å². The molecule has 0 radical (unpaired) electrons. The van der Waals surface area contributed by atoms with Crippen LogP contribution >= 0.6 is 0 Å². The van der Waals surface area contributed by atoms with E-state index in [4.69, 9.17) is 14.2 Å². The number of benzene rings is 3.